The van der Waals surface area contributed by atoms with Gasteiger partial charge in [0.1, 0.15) is 11.6 Å². The molecule has 0 bridgehead atoms. The van der Waals surface area contributed by atoms with Gasteiger partial charge in [0.2, 0.25) is 0 Å². The number of carbonyl (C=O) groups is 1. The molecule has 0 radical (unpaired) electrons. The Bertz CT molecular complexity index is 1220. The number of hydrogen-bond donors (Lipinski definition) is 1. The Labute approximate surface area is 167 Å². The highest BCUT2D eigenvalue weighted by molar-refractivity contribution is 7.92. The number of rotatable bonds is 3. The SMILES string of the molecule is Cc1ccc2c(c1)NC(=O)c1cc(S(=O)(=O)N(C)c3ccc(F)cc3)ccc1O2. The Morgan fingerprint density at radius 2 is 1.66 bits per heavy atom. The van der Waals surface area contributed by atoms with Crippen molar-refractivity contribution in [2.45, 2.75) is 11.8 Å². The van der Waals surface area contributed by atoms with Crippen LogP contribution in [0.3, 0.4) is 0 Å². The summed E-state index contributed by atoms with van der Waals surface area (Å²) in [5, 5.41) is 2.75. The zero-order valence-corrected chi connectivity index (χ0v) is 16.5. The highest BCUT2D eigenvalue weighted by Gasteiger charge is 2.27. The van der Waals surface area contributed by atoms with Gasteiger partial charge >= 0.3 is 0 Å². The molecule has 1 amide bonds. The van der Waals surface area contributed by atoms with Gasteiger partial charge < -0.3 is 10.1 Å². The molecule has 1 N–H and O–H groups in total. The van der Waals surface area contributed by atoms with Gasteiger partial charge in [-0.05, 0) is 67.1 Å². The van der Waals surface area contributed by atoms with E-state index in [9.17, 15) is 17.6 Å². The summed E-state index contributed by atoms with van der Waals surface area (Å²) < 4.78 is 46.0. The van der Waals surface area contributed by atoms with Gasteiger partial charge in [-0.1, -0.05) is 6.07 Å². The first-order valence-electron chi connectivity index (χ1n) is 8.74. The first kappa shape index (κ1) is 18.9. The number of nitrogens with one attached hydrogen (secondary N) is 1. The molecule has 0 saturated heterocycles. The fourth-order valence-electron chi connectivity index (χ4n) is 3.02. The van der Waals surface area contributed by atoms with Gasteiger partial charge in [-0.25, -0.2) is 12.8 Å². The van der Waals surface area contributed by atoms with Crippen molar-refractivity contribution in [1.29, 1.82) is 0 Å². The molecule has 0 unspecified atom stereocenters. The van der Waals surface area contributed by atoms with Gasteiger partial charge in [-0.2, -0.15) is 0 Å². The lowest BCUT2D eigenvalue weighted by Crippen LogP contribution is -2.26. The summed E-state index contributed by atoms with van der Waals surface area (Å²) in [5.41, 5.74) is 1.86. The third-order valence-electron chi connectivity index (χ3n) is 4.65. The number of nitrogens with zero attached hydrogens (tertiary/aromatic N) is 1. The second-order valence-electron chi connectivity index (χ2n) is 6.66. The second-order valence-corrected chi connectivity index (χ2v) is 8.63. The first-order valence-corrected chi connectivity index (χ1v) is 10.2. The Morgan fingerprint density at radius 3 is 2.38 bits per heavy atom. The highest BCUT2D eigenvalue weighted by Crippen LogP contribution is 2.37. The number of sulfonamides is 1. The number of fused-ring (bicyclic) bond motifs is 2. The van der Waals surface area contributed by atoms with E-state index in [2.05, 4.69) is 5.32 Å². The molecule has 0 spiro atoms. The van der Waals surface area contributed by atoms with E-state index in [1.54, 1.807) is 12.1 Å². The Hall–Kier alpha value is -3.39. The van der Waals surface area contributed by atoms with Crippen LogP contribution in [-0.2, 0) is 10.0 Å². The molecule has 148 valence electrons. The Kier molecular flexibility index (Phi) is 4.50. The molecule has 0 aromatic heterocycles. The monoisotopic (exact) mass is 412 g/mol. The summed E-state index contributed by atoms with van der Waals surface area (Å²) in [6, 6.07) is 14.6. The van der Waals surface area contributed by atoms with Gasteiger partial charge in [0.25, 0.3) is 15.9 Å². The summed E-state index contributed by atoms with van der Waals surface area (Å²) in [7, 11) is -2.61. The van der Waals surface area contributed by atoms with Gasteiger partial charge in [-0.15, -0.1) is 0 Å². The van der Waals surface area contributed by atoms with Crippen LogP contribution in [0.1, 0.15) is 15.9 Å². The second kappa shape index (κ2) is 6.89. The molecule has 3 aromatic carbocycles. The summed E-state index contributed by atoms with van der Waals surface area (Å²) in [5.74, 6) is -0.200. The minimum atomic E-state index is -3.97. The smallest absolute Gasteiger partial charge is 0.264 e. The number of amides is 1. The average molecular weight is 412 g/mol. The average Bonchev–Trinajstić information content (AvgIpc) is 2.83. The van der Waals surface area contributed by atoms with Crippen LogP contribution in [0, 0.1) is 12.7 Å². The predicted octanol–water partition coefficient (Wildman–Crippen LogP) is 4.32. The zero-order chi connectivity index (χ0) is 20.8. The lowest BCUT2D eigenvalue weighted by atomic mass is 10.2. The molecule has 1 aliphatic heterocycles. The lowest BCUT2D eigenvalue weighted by molar-refractivity contribution is 0.102. The largest absolute Gasteiger partial charge is 0.454 e. The van der Waals surface area contributed by atoms with Crippen molar-refractivity contribution in [2.24, 2.45) is 0 Å². The van der Waals surface area contributed by atoms with Gasteiger partial charge in [0, 0.05) is 7.05 Å². The Balaban J connectivity index is 1.73. The summed E-state index contributed by atoms with van der Waals surface area (Å²) in [6.45, 7) is 1.89. The molecule has 0 saturated carbocycles. The van der Waals surface area contributed by atoms with E-state index in [1.165, 1.54) is 49.5 Å². The quantitative estimate of drug-likeness (QED) is 0.695. The maximum atomic E-state index is 13.2. The van der Waals surface area contributed by atoms with Crippen molar-refractivity contribution >= 4 is 27.3 Å². The normalized spacial score (nSPS) is 12.9. The molecular formula is C21H17FN2O4S. The van der Waals surface area contributed by atoms with Crippen LogP contribution in [0.25, 0.3) is 0 Å². The molecule has 0 aliphatic carbocycles. The lowest BCUT2D eigenvalue weighted by Gasteiger charge is -2.20. The minimum absolute atomic E-state index is 0.0797. The molecule has 0 fully saturated rings. The van der Waals surface area contributed by atoms with E-state index < -0.39 is 21.7 Å². The Morgan fingerprint density at radius 1 is 0.966 bits per heavy atom. The fraction of sp³-hybridized carbons (Fsp3) is 0.0952. The van der Waals surface area contributed by atoms with Crippen molar-refractivity contribution in [1.82, 2.24) is 0 Å². The van der Waals surface area contributed by atoms with Crippen LogP contribution in [-0.4, -0.2) is 21.4 Å². The number of aryl methyl sites for hydroxylation is 1. The summed E-state index contributed by atoms with van der Waals surface area (Å²) >= 11 is 0. The molecule has 0 atom stereocenters. The minimum Gasteiger partial charge on any atom is -0.454 e. The zero-order valence-electron chi connectivity index (χ0n) is 15.6. The fourth-order valence-corrected chi connectivity index (χ4v) is 4.24. The van der Waals surface area contributed by atoms with Crippen LogP contribution in [0.5, 0.6) is 11.5 Å². The maximum Gasteiger partial charge on any atom is 0.264 e. The molecule has 1 heterocycles. The molecule has 3 aromatic rings. The summed E-state index contributed by atoms with van der Waals surface area (Å²) in [6.07, 6.45) is 0. The molecular weight excluding hydrogens is 395 g/mol. The van der Waals surface area contributed by atoms with Gasteiger partial charge in [-0.3, -0.25) is 9.10 Å². The number of anilines is 2. The van der Waals surface area contributed by atoms with Crippen LogP contribution in [0.4, 0.5) is 15.8 Å². The molecule has 4 rings (SSSR count). The topological polar surface area (TPSA) is 75.7 Å². The van der Waals surface area contributed by atoms with E-state index in [0.29, 0.717) is 17.1 Å². The van der Waals surface area contributed by atoms with Crippen molar-refractivity contribution in [2.75, 3.05) is 16.7 Å². The molecule has 6 nitrogen and oxygen atoms in total. The van der Waals surface area contributed by atoms with Gasteiger partial charge in [0.15, 0.2) is 5.75 Å². The third-order valence-corrected chi connectivity index (χ3v) is 6.43. The van der Waals surface area contributed by atoms with E-state index in [4.69, 9.17) is 4.74 Å². The van der Waals surface area contributed by atoms with Crippen LogP contribution in [0.2, 0.25) is 0 Å². The highest BCUT2D eigenvalue weighted by atomic mass is 32.2. The van der Waals surface area contributed by atoms with Crippen molar-refractivity contribution < 1.29 is 22.3 Å². The molecule has 1 aliphatic rings. The van der Waals surface area contributed by atoms with Crippen molar-refractivity contribution in [3.63, 3.8) is 0 Å². The summed E-state index contributed by atoms with van der Waals surface area (Å²) in [4.78, 5) is 12.6. The number of ether oxygens (including phenoxy) is 1. The van der Waals surface area contributed by atoms with E-state index in [0.717, 1.165) is 9.87 Å². The van der Waals surface area contributed by atoms with Crippen LogP contribution < -0.4 is 14.4 Å². The van der Waals surface area contributed by atoms with E-state index in [-0.39, 0.29) is 16.2 Å². The van der Waals surface area contributed by atoms with Gasteiger partial charge in [0.05, 0.1) is 21.8 Å². The molecule has 29 heavy (non-hydrogen) atoms. The van der Waals surface area contributed by atoms with E-state index in [1.807, 2.05) is 13.0 Å². The first-order chi connectivity index (χ1) is 13.8. The maximum absolute atomic E-state index is 13.2. The predicted molar refractivity (Wildman–Crippen MR) is 108 cm³/mol. The standard InChI is InChI=1S/C21H17FN2O4S/c1-13-3-9-20-18(11-13)23-21(25)17-12-16(8-10-19(17)28-20)29(26,27)24(2)15-6-4-14(22)5-7-15/h3-12H,1-2H3,(H,23,25). The third kappa shape index (κ3) is 3.42. The van der Waals surface area contributed by atoms with Crippen molar-refractivity contribution in [3.05, 3.63) is 77.6 Å². The van der Waals surface area contributed by atoms with Crippen LogP contribution >= 0.6 is 0 Å². The number of halogens is 1. The van der Waals surface area contributed by atoms with E-state index >= 15 is 0 Å². The number of benzene rings is 3. The number of carbonyl (C=O) groups excluding carboxylic acids is 1. The van der Waals surface area contributed by atoms with Crippen molar-refractivity contribution in [3.8, 4) is 11.5 Å². The number of hydrogen-bond acceptors (Lipinski definition) is 4. The molecule has 8 heteroatoms. The van der Waals surface area contributed by atoms with Crippen LogP contribution in [0.15, 0.2) is 65.6 Å².